The van der Waals surface area contributed by atoms with Gasteiger partial charge in [-0.15, -0.1) is 11.3 Å². The molecule has 0 unspecified atom stereocenters. The number of ether oxygens (including phenoxy) is 1. The Labute approximate surface area is 183 Å². The lowest BCUT2D eigenvalue weighted by Gasteiger charge is -2.10. The fourth-order valence-corrected chi connectivity index (χ4v) is 3.99. The second-order valence-electron chi connectivity index (χ2n) is 6.55. The number of amides is 1. The largest absolute Gasteiger partial charge is 0.461 e. The number of benzene rings is 2. The summed E-state index contributed by atoms with van der Waals surface area (Å²) in [6.07, 6.45) is 0. The predicted octanol–water partition coefficient (Wildman–Crippen LogP) is 4.15. The molecule has 0 bridgehead atoms. The lowest BCUT2D eigenvalue weighted by atomic mass is 10.2. The lowest BCUT2D eigenvalue weighted by Crippen LogP contribution is -2.26. The molecule has 0 spiro atoms. The average molecular weight is 455 g/mol. The van der Waals surface area contributed by atoms with Crippen molar-refractivity contribution >= 4 is 39.0 Å². The minimum Gasteiger partial charge on any atom is -0.461 e. The highest BCUT2D eigenvalue weighted by molar-refractivity contribution is 7.16. The van der Waals surface area contributed by atoms with Gasteiger partial charge in [0.1, 0.15) is 22.3 Å². The maximum Gasteiger partial charge on any atom is 0.359 e. The van der Waals surface area contributed by atoms with E-state index in [1.807, 2.05) is 0 Å². The number of carbonyl (C=O) groups is 2. The summed E-state index contributed by atoms with van der Waals surface area (Å²) in [7, 11) is 0. The molecule has 2 aromatic carbocycles. The summed E-state index contributed by atoms with van der Waals surface area (Å²) in [6, 6.07) is 10.3. The molecule has 2 aromatic heterocycles. The Morgan fingerprint density at radius 2 is 1.84 bits per heavy atom. The monoisotopic (exact) mass is 455 g/mol. The van der Waals surface area contributed by atoms with E-state index in [0.29, 0.717) is 0 Å². The first kappa shape index (κ1) is 21.3. The van der Waals surface area contributed by atoms with Gasteiger partial charge in [0.05, 0.1) is 12.0 Å². The third-order valence-corrected chi connectivity index (χ3v) is 5.43. The topological polar surface area (TPSA) is 90.3 Å². The number of aromatic nitrogens is 2. The van der Waals surface area contributed by atoms with Crippen molar-refractivity contribution in [2.45, 2.75) is 6.92 Å². The molecule has 0 saturated carbocycles. The smallest absolute Gasteiger partial charge is 0.359 e. The fourth-order valence-electron chi connectivity index (χ4n) is 3.06. The highest BCUT2D eigenvalue weighted by atomic mass is 32.1. The van der Waals surface area contributed by atoms with E-state index in [1.54, 1.807) is 6.92 Å². The van der Waals surface area contributed by atoms with E-state index < -0.39 is 29.1 Å². The zero-order chi connectivity index (χ0) is 22.8. The highest BCUT2D eigenvalue weighted by Crippen LogP contribution is 2.31. The fraction of sp³-hybridized carbons (Fsp3) is 0.0909. The predicted molar refractivity (Wildman–Crippen MR) is 115 cm³/mol. The van der Waals surface area contributed by atoms with Gasteiger partial charge in [-0.3, -0.25) is 9.59 Å². The van der Waals surface area contributed by atoms with Crippen LogP contribution in [-0.4, -0.2) is 28.3 Å². The van der Waals surface area contributed by atoms with E-state index in [-0.39, 0.29) is 39.3 Å². The number of nitrogens with zero attached hydrogens (tertiary/aromatic N) is 2. The van der Waals surface area contributed by atoms with Crippen LogP contribution in [0.2, 0.25) is 0 Å². The van der Waals surface area contributed by atoms with Crippen molar-refractivity contribution in [1.29, 1.82) is 0 Å². The molecule has 4 rings (SSSR count). The van der Waals surface area contributed by atoms with Gasteiger partial charge in [0.2, 0.25) is 0 Å². The van der Waals surface area contributed by atoms with Gasteiger partial charge >= 0.3 is 5.97 Å². The van der Waals surface area contributed by atoms with Gasteiger partial charge in [-0.25, -0.2) is 13.6 Å². The van der Waals surface area contributed by atoms with Gasteiger partial charge in [-0.05, 0) is 43.3 Å². The third-order valence-electron chi connectivity index (χ3n) is 4.54. The maximum atomic E-state index is 14.4. The van der Waals surface area contributed by atoms with Crippen molar-refractivity contribution in [3.05, 3.63) is 87.2 Å². The molecule has 0 atom stereocenters. The molecule has 0 fully saturated rings. The second kappa shape index (κ2) is 8.67. The molecule has 0 aliphatic heterocycles. The van der Waals surface area contributed by atoms with E-state index in [4.69, 9.17) is 4.74 Å². The molecule has 1 N–H and O–H groups in total. The number of esters is 1. The van der Waals surface area contributed by atoms with Gasteiger partial charge in [-0.1, -0.05) is 12.1 Å². The molecule has 1 amide bonds. The Bertz CT molecular complexity index is 1400. The van der Waals surface area contributed by atoms with Crippen molar-refractivity contribution in [3.63, 3.8) is 0 Å². The number of anilines is 1. The van der Waals surface area contributed by atoms with Crippen LogP contribution < -0.4 is 10.9 Å². The number of nitrogens with one attached hydrogen (secondary N) is 1. The molecule has 0 aliphatic carbocycles. The molecule has 0 saturated heterocycles. The van der Waals surface area contributed by atoms with Gasteiger partial charge < -0.3 is 10.1 Å². The second-order valence-corrected chi connectivity index (χ2v) is 7.43. The normalized spacial score (nSPS) is 10.8. The van der Waals surface area contributed by atoms with Crippen LogP contribution in [0.3, 0.4) is 0 Å². The van der Waals surface area contributed by atoms with Gasteiger partial charge in [0, 0.05) is 16.3 Å². The molecular weight excluding hydrogens is 440 g/mol. The standard InChI is InChI=1S/C22H15F2N3O4S/c1-2-31-22(30)18-14-11-32-20(25-19(28)12-7-9-13(23)10-8-12)17(14)21(29)27(26-18)16-6-4-3-5-15(16)24/h3-11H,2H2,1H3,(H,25,28). The number of fused-ring (bicyclic) bond motifs is 1. The number of hydrogen-bond donors (Lipinski definition) is 1. The van der Waals surface area contributed by atoms with E-state index in [9.17, 15) is 23.2 Å². The average Bonchev–Trinajstić information content (AvgIpc) is 3.19. The van der Waals surface area contributed by atoms with Gasteiger partial charge in [-0.2, -0.15) is 9.78 Å². The van der Waals surface area contributed by atoms with Gasteiger partial charge in [0.15, 0.2) is 5.69 Å². The summed E-state index contributed by atoms with van der Waals surface area (Å²) in [5, 5.41) is 8.43. The zero-order valence-corrected chi connectivity index (χ0v) is 17.4. The maximum absolute atomic E-state index is 14.4. The Hall–Kier alpha value is -3.92. The molecule has 2 heterocycles. The van der Waals surface area contributed by atoms with Crippen LogP contribution in [0.5, 0.6) is 0 Å². The minimum atomic E-state index is -0.795. The highest BCUT2D eigenvalue weighted by Gasteiger charge is 2.24. The first-order valence-electron chi connectivity index (χ1n) is 9.44. The van der Waals surface area contributed by atoms with Gasteiger partial charge in [0.25, 0.3) is 11.5 Å². The molecule has 10 heteroatoms. The summed E-state index contributed by atoms with van der Waals surface area (Å²) < 4.78 is 33.4. The quantitative estimate of drug-likeness (QED) is 0.457. The molecule has 0 aliphatic rings. The third kappa shape index (κ3) is 3.87. The van der Waals surface area contributed by atoms with E-state index in [1.165, 1.54) is 35.7 Å². The van der Waals surface area contributed by atoms with Crippen LogP contribution in [0, 0.1) is 11.6 Å². The van der Waals surface area contributed by atoms with Crippen LogP contribution in [0.4, 0.5) is 13.8 Å². The van der Waals surface area contributed by atoms with Crippen LogP contribution in [-0.2, 0) is 4.74 Å². The van der Waals surface area contributed by atoms with Crippen molar-refractivity contribution in [3.8, 4) is 5.69 Å². The summed E-state index contributed by atoms with van der Waals surface area (Å²) in [4.78, 5) is 38.4. The molecule has 0 radical (unpaired) electrons. The number of rotatable bonds is 5. The van der Waals surface area contributed by atoms with Crippen LogP contribution >= 0.6 is 11.3 Å². The Kier molecular flexibility index (Phi) is 5.78. The van der Waals surface area contributed by atoms with Crippen LogP contribution in [0.1, 0.15) is 27.8 Å². The zero-order valence-electron chi connectivity index (χ0n) is 16.6. The van der Waals surface area contributed by atoms with Crippen molar-refractivity contribution < 1.29 is 23.1 Å². The van der Waals surface area contributed by atoms with Crippen LogP contribution in [0.25, 0.3) is 16.5 Å². The molecule has 4 aromatic rings. The molecular formula is C22H15F2N3O4S. The first-order valence-corrected chi connectivity index (χ1v) is 10.3. The molecule has 7 nitrogen and oxygen atoms in total. The minimum absolute atomic E-state index is 0.0215. The van der Waals surface area contributed by atoms with E-state index in [2.05, 4.69) is 10.4 Å². The lowest BCUT2D eigenvalue weighted by molar-refractivity contribution is 0.0519. The first-order chi connectivity index (χ1) is 15.4. The number of hydrogen-bond acceptors (Lipinski definition) is 6. The molecule has 162 valence electrons. The summed E-state index contributed by atoms with van der Waals surface area (Å²) in [5.41, 5.74) is -0.911. The summed E-state index contributed by atoms with van der Waals surface area (Å²) in [5.74, 6) is -2.60. The van der Waals surface area contributed by atoms with Crippen LogP contribution in [0.15, 0.2) is 58.7 Å². The Balaban J connectivity index is 1.89. The summed E-state index contributed by atoms with van der Waals surface area (Å²) >= 11 is 1.00. The van der Waals surface area contributed by atoms with Crippen molar-refractivity contribution in [2.75, 3.05) is 11.9 Å². The Morgan fingerprint density at radius 3 is 2.53 bits per heavy atom. The number of carbonyl (C=O) groups excluding carboxylic acids is 2. The summed E-state index contributed by atoms with van der Waals surface area (Å²) in [6.45, 7) is 1.68. The Morgan fingerprint density at radius 1 is 1.12 bits per heavy atom. The van der Waals surface area contributed by atoms with E-state index >= 15 is 0 Å². The SMILES string of the molecule is CCOC(=O)c1nn(-c2ccccc2F)c(=O)c2c(NC(=O)c3ccc(F)cc3)scc12. The van der Waals surface area contributed by atoms with Crippen molar-refractivity contribution in [1.82, 2.24) is 9.78 Å². The van der Waals surface area contributed by atoms with Crippen molar-refractivity contribution in [2.24, 2.45) is 0 Å². The van der Waals surface area contributed by atoms with E-state index in [0.717, 1.165) is 34.2 Å². The number of thiophene rings is 1. The molecule has 32 heavy (non-hydrogen) atoms. The number of para-hydroxylation sites is 1. The number of halogens is 2.